The first-order valence-electron chi connectivity index (χ1n) is 18.9. The van der Waals surface area contributed by atoms with E-state index in [4.69, 9.17) is 19.4 Å². The van der Waals surface area contributed by atoms with Crippen molar-refractivity contribution in [2.45, 2.75) is 0 Å². The van der Waals surface area contributed by atoms with E-state index < -0.39 is 0 Å². The Morgan fingerprint density at radius 2 is 0.877 bits per heavy atom. The molecule has 0 amide bonds. The maximum atomic E-state index is 6.90. The molecular formula is C51H29N3OS2. The molecule has 0 saturated heterocycles. The predicted molar refractivity (Wildman–Crippen MR) is 240 cm³/mol. The molecule has 4 aromatic heterocycles. The van der Waals surface area contributed by atoms with Gasteiger partial charge < -0.3 is 4.42 Å². The largest absolute Gasteiger partial charge is 0.455 e. The van der Waals surface area contributed by atoms with Gasteiger partial charge >= 0.3 is 0 Å². The van der Waals surface area contributed by atoms with Gasteiger partial charge in [0, 0.05) is 84.5 Å². The van der Waals surface area contributed by atoms with Crippen molar-refractivity contribution in [3.05, 3.63) is 176 Å². The van der Waals surface area contributed by atoms with Crippen molar-refractivity contribution in [1.29, 1.82) is 0 Å². The number of hydrogen-bond acceptors (Lipinski definition) is 6. The normalized spacial score (nSPS) is 11.9. The standard InChI is InChI=1S/C51H29N3OS2/c1-3-14-30(15-4-1)49-52-50(31-16-5-2-6-17-31)54-51(53-49)39-24-13-25-42-45(39)38-23-11-20-33(46(38)55-42)32-28-40-35-19-8-10-27-44(35)57-48(40)41(29-32)37-22-12-21-36-34-18-7-9-26-43(34)56-47(36)37/h1-29H. The molecule has 0 aliphatic heterocycles. The zero-order valence-electron chi connectivity index (χ0n) is 30.3. The van der Waals surface area contributed by atoms with Gasteiger partial charge in [0.1, 0.15) is 11.2 Å². The molecule has 6 heteroatoms. The minimum absolute atomic E-state index is 0.603. The summed E-state index contributed by atoms with van der Waals surface area (Å²) in [4.78, 5) is 15.1. The average molecular weight is 764 g/mol. The summed E-state index contributed by atoms with van der Waals surface area (Å²) in [5, 5.41) is 7.11. The average Bonchev–Trinajstić information content (AvgIpc) is 3.98. The molecule has 57 heavy (non-hydrogen) atoms. The molecule has 0 radical (unpaired) electrons. The third-order valence-corrected chi connectivity index (χ3v) is 13.4. The first kappa shape index (κ1) is 32.3. The third kappa shape index (κ3) is 5.15. The Morgan fingerprint density at radius 3 is 1.58 bits per heavy atom. The zero-order valence-corrected chi connectivity index (χ0v) is 31.9. The van der Waals surface area contributed by atoms with E-state index >= 15 is 0 Å². The van der Waals surface area contributed by atoms with Crippen molar-refractivity contribution < 1.29 is 4.42 Å². The number of benzene rings is 8. The minimum atomic E-state index is 0.603. The van der Waals surface area contributed by atoms with E-state index in [0.29, 0.717) is 17.5 Å². The fourth-order valence-corrected chi connectivity index (χ4v) is 10.8. The van der Waals surface area contributed by atoms with Crippen LogP contribution in [0, 0.1) is 0 Å². The molecule has 12 aromatic rings. The topological polar surface area (TPSA) is 51.8 Å². The van der Waals surface area contributed by atoms with Crippen LogP contribution in [0.3, 0.4) is 0 Å². The van der Waals surface area contributed by atoms with Gasteiger partial charge in [-0.05, 0) is 35.9 Å². The van der Waals surface area contributed by atoms with Gasteiger partial charge in [0.2, 0.25) is 0 Å². The summed E-state index contributed by atoms with van der Waals surface area (Å²) in [5.41, 5.74) is 9.04. The van der Waals surface area contributed by atoms with E-state index in [0.717, 1.165) is 49.8 Å². The maximum Gasteiger partial charge on any atom is 0.164 e. The second kappa shape index (κ2) is 12.8. The second-order valence-corrected chi connectivity index (χ2v) is 16.4. The molecule has 12 rings (SSSR count). The molecule has 0 N–H and O–H groups in total. The minimum Gasteiger partial charge on any atom is -0.455 e. The summed E-state index contributed by atoms with van der Waals surface area (Å²) in [5.74, 6) is 1.86. The van der Waals surface area contributed by atoms with E-state index in [1.807, 2.05) is 95.5 Å². The quantitative estimate of drug-likeness (QED) is 0.175. The smallest absolute Gasteiger partial charge is 0.164 e. The van der Waals surface area contributed by atoms with Gasteiger partial charge in [0.05, 0.1) is 0 Å². The van der Waals surface area contributed by atoms with Gasteiger partial charge in [-0.15, -0.1) is 22.7 Å². The molecule has 4 heterocycles. The number of rotatable bonds is 5. The van der Waals surface area contributed by atoms with E-state index in [9.17, 15) is 0 Å². The summed E-state index contributed by atoms with van der Waals surface area (Å²) < 4.78 is 12.1. The lowest BCUT2D eigenvalue weighted by Gasteiger charge is -2.11. The highest BCUT2D eigenvalue weighted by Crippen LogP contribution is 2.48. The van der Waals surface area contributed by atoms with Crippen LogP contribution in [-0.4, -0.2) is 15.0 Å². The highest BCUT2D eigenvalue weighted by atomic mass is 32.1. The van der Waals surface area contributed by atoms with Gasteiger partial charge in [-0.3, -0.25) is 0 Å². The Kier molecular flexibility index (Phi) is 7.24. The van der Waals surface area contributed by atoms with Crippen LogP contribution in [0.4, 0.5) is 0 Å². The highest BCUT2D eigenvalue weighted by molar-refractivity contribution is 7.27. The summed E-state index contributed by atoms with van der Waals surface area (Å²) in [6, 6.07) is 61.8. The first-order valence-corrected chi connectivity index (χ1v) is 20.6. The SMILES string of the molecule is c1ccc(-c2nc(-c3ccccc3)nc(-c3cccc4oc5c(-c6cc(-c7cccc8c7sc7ccccc78)c7sc8ccccc8c7c6)cccc5c34)n2)cc1. The maximum absolute atomic E-state index is 6.90. The monoisotopic (exact) mass is 763 g/mol. The Hall–Kier alpha value is -6.99. The molecule has 0 bridgehead atoms. The van der Waals surface area contributed by atoms with Crippen molar-refractivity contribution in [3.63, 3.8) is 0 Å². The molecule has 8 aromatic carbocycles. The Bertz CT molecular complexity index is 3470. The van der Waals surface area contributed by atoms with Crippen molar-refractivity contribution in [3.8, 4) is 56.4 Å². The number of hydrogen-bond donors (Lipinski definition) is 0. The van der Waals surface area contributed by atoms with Crippen molar-refractivity contribution in [2.75, 3.05) is 0 Å². The van der Waals surface area contributed by atoms with Crippen LogP contribution in [0.15, 0.2) is 180 Å². The molecular weight excluding hydrogens is 735 g/mol. The van der Waals surface area contributed by atoms with Gasteiger partial charge in [0.15, 0.2) is 17.5 Å². The number of para-hydroxylation sites is 1. The molecule has 0 spiro atoms. The second-order valence-electron chi connectivity index (χ2n) is 14.3. The Balaban J connectivity index is 1.10. The van der Waals surface area contributed by atoms with Crippen molar-refractivity contribution in [1.82, 2.24) is 15.0 Å². The van der Waals surface area contributed by atoms with E-state index in [1.165, 1.54) is 51.5 Å². The molecule has 0 saturated carbocycles. The summed E-state index contributed by atoms with van der Waals surface area (Å²) in [6.45, 7) is 0. The van der Waals surface area contributed by atoms with Gasteiger partial charge in [0.25, 0.3) is 0 Å². The van der Waals surface area contributed by atoms with Gasteiger partial charge in [-0.25, -0.2) is 15.0 Å². The number of nitrogens with zero attached hydrogens (tertiary/aromatic N) is 3. The van der Waals surface area contributed by atoms with Crippen LogP contribution < -0.4 is 0 Å². The Morgan fingerprint density at radius 1 is 0.351 bits per heavy atom. The Labute approximate surface area is 335 Å². The molecule has 0 aliphatic carbocycles. The van der Waals surface area contributed by atoms with Gasteiger partial charge in [-0.2, -0.15) is 0 Å². The molecule has 0 aliphatic rings. The zero-order chi connectivity index (χ0) is 37.5. The lowest BCUT2D eigenvalue weighted by atomic mass is 9.94. The first-order chi connectivity index (χ1) is 28.2. The van der Waals surface area contributed by atoms with Crippen LogP contribution in [-0.2, 0) is 0 Å². The van der Waals surface area contributed by atoms with Crippen LogP contribution in [0.25, 0.3) is 119 Å². The van der Waals surface area contributed by atoms with Crippen LogP contribution >= 0.6 is 22.7 Å². The lowest BCUT2D eigenvalue weighted by Crippen LogP contribution is -2.00. The molecule has 0 fully saturated rings. The predicted octanol–water partition coefficient (Wildman–Crippen LogP) is 14.8. The van der Waals surface area contributed by atoms with Crippen LogP contribution in [0.2, 0.25) is 0 Å². The molecule has 4 nitrogen and oxygen atoms in total. The number of thiophene rings is 2. The fourth-order valence-electron chi connectivity index (χ4n) is 8.33. The van der Waals surface area contributed by atoms with Crippen molar-refractivity contribution >= 4 is 85.0 Å². The van der Waals surface area contributed by atoms with Gasteiger partial charge in [-0.1, -0.05) is 146 Å². The number of furan rings is 1. The highest BCUT2D eigenvalue weighted by Gasteiger charge is 2.22. The number of aromatic nitrogens is 3. The lowest BCUT2D eigenvalue weighted by molar-refractivity contribution is 0.670. The van der Waals surface area contributed by atoms with Crippen LogP contribution in [0.5, 0.6) is 0 Å². The summed E-state index contributed by atoms with van der Waals surface area (Å²) >= 11 is 3.74. The third-order valence-electron chi connectivity index (χ3n) is 10.9. The fraction of sp³-hybridized carbons (Fsp3) is 0. The molecule has 0 unspecified atom stereocenters. The van der Waals surface area contributed by atoms with E-state index in [2.05, 4.69) is 103 Å². The van der Waals surface area contributed by atoms with Crippen LogP contribution in [0.1, 0.15) is 0 Å². The van der Waals surface area contributed by atoms with Crippen molar-refractivity contribution in [2.24, 2.45) is 0 Å². The summed E-state index contributed by atoms with van der Waals surface area (Å²) in [7, 11) is 0. The summed E-state index contributed by atoms with van der Waals surface area (Å²) in [6.07, 6.45) is 0. The van der Waals surface area contributed by atoms with E-state index in [-0.39, 0.29) is 0 Å². The van der Waals surface area contributed by atoms with E-state index in [1.54, 1.807) is 0 Å². The molecule has 0 atom stereocenters. The molecule has 266 valence electrons. The number of fused-ring (bicyclic) bond motifs is 9.